The fourth-order valence-corrected chi connectivity index (χ4v) is 16.9. The minimum atomic E-state index is -4.98. The van der Waals surface area contributed by atoms with Crippen molar-refractivity contribution in [2.45, 2.75) is 542 Å². The molecule has 0 saturated carbocycles. The van der Waals surface area contributed by atoms with E-state index in [0.717, 1.165) is 114 Å². The van der Waals surface area contributed by atoms with Gasteiger partial charge in [-0.3, -0.25) is 37.3 Å². The lowest BCUT2D eigenvalue weighted by atomic mass is 9.99. The second-order valence-corrected chi connectivity index (χ2v) is 39.3. The Labute approximate surface area is 721 Å². The quantitative estimate of drug-likeness (QED) is 0.0222. The molecule has 0 aliphatic rings. The molecule has 3 N–H and O–H groups in total. The second kappa shape index (κ2) is 86.2. The summed E-state index contributed by atoms with van der Waals surface area (Å²) in [6.07, 6.45) is 80.6. The highest BCUT2D eigenvalue weighted by atomic mass is 31.2. The van der Waals surface area contributed by atoms with Crippen LogP contribution in [0.2, 0.25) is 0 Å². The van der Waals surface area contributed by atoms with Crippen LogP contribution in [-0.2, 0) is 65.4 Å². The van der Waals surface area contributed by atoms with Gasteiger partial charge in [-0.1, -0.05) is 473 Å². The summed E-state index contributed by atoms with van der Waals surface area (Å²) in [5.41, 5.74) is 0. The lowest BCUT2D eigenvalue weighted by molar-refractivity contribution is -0.161. The Morgan fingerprint density at radius 2 is 0.410 bits per heavy atom. The van der Waals surface area contributed by atoms with Crippen molar-refractivity contribution < 1.29 is 80.2 Å². The maximum atomic E-state index is 13.2. The van der Waals surface area contributed by atoms with Crippen molar-refractivity contribution in [3.63, 3.8) is 0 Å². The maximum absolute atomic E-state index is 13.2. The molecular weight excluding hydrogens is 1510 g/mol. The van der Waals surface area contributed by atoms with E-state index in [-0.39, 0.29) is 25.7 Å². The van der Waals surface area contributed by atoms with E-state index in [9.17, 15) is 43.2 Å². The largest absolute Gasteiger partial charge is 0.472 e. The number of phosphoric acid groups is 2. The van der Waals surface area contributed by atoms with Crippen LogP contribution < -0.4 is 0 Å². The third-order valence-electron chi connectivity index (χ3n) is 24.2. The first-order valence-electron chi connectivity index (χ1n) is 50.3. The number of hydrogen-bond acceptors (Lipinski definition) is 15. The average molecular weight is 1700 g/mol. The van der Waals surface area contributed by atoms with Crippen LogP contribution in [0.15, 0.2) is 0 Å². The Balaban J connectivity index is 5.24. The summed E-state index contributed by atoms with van der Waals surface area (Å²) in [5.74, 6) is 1.25. The van der Waals surface area contributed by atoms with Gasteiger partial charge >= 0.3 is 39.5 Å². The molecule has 0 aromatic carbocycles. The molecule has 5 unspecified atom stereocenters. The molecule has 0 amide bonds. The van der Waals surface area contributed by atoms with Crippen LogP contribution in [0.5, 0.6) is 0 Å². The molecule has 0 aliphatic heterocycles. The van der Waals surface area contributed by atoms with Crippen molar-refractivity contribution in [1.82, 2.24) is 0 Å². The second-order valence-electron chi connectivity index (χ2n) is 36.4. The zero-order valence-electron chi connectivity index (χ0n) is 77.9. The van der Waals surface area contributed by atoms with Gasteiger partial charge in [0.25, 0.3) is 0 Å². The summed E-state index contributed by atoms with van der Waals surface area (Å²) in [4.78, 5) is 73.7. The highest BCUT2D eigenvalue weighted by Crippen LogP contribution is 2.45. The van der Waals surface area contributed by atoms with Gasteiger partial charge in [-0.2, -0.15) is 0 Å². The normalized spacial score (nSPS) is 14.4. The van der Waals surface area contributed by atoms with Crippen LogP contribution in [0.4, 0.5) is 0 Å². The van der Waals surface area contributed by atoms with E-state index in [1.807, 2.05) is 0 Å². The van der Waals surface area contributed by atoms with E-state index in [1.54, 1.807) is 0 Å². The standard InChI is InChI=1S/C98H192O17P2/c1-9-89(6)75-67-59-51-43-37-31-25-19-13-16-21-27-33-39-45-54-62-70-78-95(100)108-84-93(114-97(102)80-72-65-57-47-41-35-29-23-17-14-20-26-32-38-44-52-60-68-76-90(7)10-2)86-112-116(104,105)110-82-92(99)83-111-117(106,107)113-87-94(85-109-96(101)79-71-63-55-49-48-53-61-69-77-91(8)11-3)115-98(103)81-73-64-56-46-40-34-28-22-15-12-18-24-30-36-42-50-58-66-74-88(4)5/h88-94,99H,9-87H2,1-8H3,(H,104,105)(H,106,107)/t89?,90?,91?,92-,93-,94-/m1/s1. The summed E-state index contributed by atoms with van der Waals surface area (Å²) in [6, 6.07) is 0. The number of ether oxygens (including phenoxy) is 4. The molecule has 117 heavy (non-hydrogen) atoms. The first-order chi connectivity index (χ1) is 56.7. The van der Waals surface area contributed by atoms with E-state index in [0.29, 0.717) is 25.7 Å². The van der Waals surface area contributed by atoms with Crippen LogP contribution in [-0.4, -0.2) is 96.7 Å². The Morgan fingerprint density at radius 1 is 0.239 bits per heavy atom. The van der Waals surface area contributed by atoms with E-state index in [1.165, 1.54) is 327 Å². The molecule has 17 nitrogen and oxygen atoms in total. The average Bonchev–Trinajstić information content (AvgIpc) is 0.899. The van der Waals surface area contributed by atoms with E-state index < -0.39 is 97.5 Å². The van der Waals surface area contributed by atoms with Gasteiger partial charge in [0.2, 0.25) is 0 Å². The lowest BCUT2D eigenvalue weighted by Crippen LogP contribution is -2.30. The lowest BCUT2D eigenvalue weighted by Gasteiger charge is -2.21. The number of rotatable bonds is 95. The summed E-state index contributed by atoms with van der Waals surface area (Å²) in [6.45, 7) is 14.5. The molecule has 0 radical (unpaired) electrons. The van der Waals surface area contributed by atoms with Crippen molar-refractivity contribution in [3.8, 4) is 0 Å². The number of unbranched alkanes of at least 4 members (excludes halogenated alkanes) is 58. The molecular formula is C98H192O17P2. The number of carbonyl (C=O) groups excluding carboxylic acids is 4. The Kier molecular flexibility index (Phi) is 84.8. The van der Waals surface area contributed by atoms with Crippen molar-refractivity contribution >= 4 is 39.5 Å². The first-order valence-corrected chi connectivity index (χ1v) is 53.3. The topological polar surface area (TPSA) is 237 Å². The van der Waals surface area contributed by atoms with Crippen molar-refractivity contribution in [3.05, 3.63) is 0 Å². The molecule has 696 valence electrons. The van der Waals surface area contributed by atoms with Gasteiger partial charge in [0.05, 0.1) is 26.4 Å². The van der Waals surface area contributed by atoms with Crippen LogP contribution in [0.3, 0.4) is 0 Å². The molecule has 0 aromatic heterocycles. The number of carbonyl (C=O) groups is 4. The maximum Gasteiger partial charge on any atom is 0.472 e. The highest BCUT2D eigenvalue weighted by molar-refractivity contribution is 7.47. The van der Waals surface area contributed by atoms with E-state index >= 15 is 0 Å². The third kappa shape index (κ3) is 87.3. The number of phosphoric ester groups is 2. The highest BCUT2D eigenvalue weighted by Gasteiger charge is 2.31. The van der Waals surface area contributed by atoms with Crippen LogP contribution in [0, 0.1) is 23.7 Å². The van der Waals surface area contributed by atoms with Crippen LogP contribution >= 0.6 is 15.6 Å². The fourth-order valence-electron chi connectivity index (χ4n) is 15.3. The molecule has 0 fully saturated rings. The van der Waals surface area contributed by atoms with Gasteiger partial charge in [-0.05, 0) is 49.4 Å². The Morgan fingerprint density at radius 3 is 0.607 bits per heavy atom. The monoisotopic (exact) mass is 1700 g/mol. The van der Waals surface area contributed by atoms with Gasteiger partial charge in [0, 0.05) is 25.7 Å². The zero-order chi connectivity index (χ0) is 85.9. The number of hydrogen-bond donors (Lipinski definition) is 3. The molecule has 0 saturated heterocycles. The van der Waals surface area contributed by atoms with Crippen molar-refractivity contribution in [1.29, 1.82) is 0 Å². The molecule has 0 aromatic rings. The molecule has 8 atom stereocenters. The minimum Gasteiger partial charge on any atom is -0.462 e. The third-order valence-corrected chi connectivity index (χ3v) is 26.1. The fraction of sp³-hybridized carbons (Fsp3) is 0.959. The first kappa shape index (κ1) is 115. The zero-order valence-corrected chi connectivity index (χ0v) is 79.6. The van der Waals surface area contributed by atoms with Gasteiger partial charge in [-0.15, -0.1) is 0 Å². The van der Waals surface area contributed by atoms with Gasteiger partial charge < -0.3 is 33.8 Å². The Bertz CT molecular complexity index is 2260. The SMILES string of the molecule is CCC(C)CCCCCCCCCCCCCCCCCCCCC(=O)OC[C@H](COP(=O)(O)OC[C@@H](O)COP(=O)(O)OC[C@@H](COC(=O)CCCCCCCCCCC(C)CC)OC(=O)CCCCCCCCCCCCCCCCCCCCC(C)C)OC(=O)CCCCCCCCCCCCCCCCCCCCC(C)CC. The predicted octanol–water partition coefficient (Wildman–Crippen LogP) is 30.6. The van der Waals surface area contributed by atoms with E-state index in [4.69, 9.17) is 37.0 Å². The summed E-state index contributed by atoms with van der Waals surface area (Å²) in [5, 5.41) is 10.7. The molecule has 19 heteroatoms. The number of aliphatic hydroxyl groups is 1. The summed E-state index contributed by atoms with van der Waals surface area (Å²) >= 11 is 0. The van der Waals surface area contributed by atoms with E-state index in [2.05, 4.69) is 55.4 Å². The number of aliphatic hydroxyl groups excluding tert-OH is 1. The van der Waals surface area contributed by atoms with Gasteiger partial charge in [-0.25, -0.2) is 9.13 Å². The minimum absolute atomic E-state index is 0.108. The van der Waals surface area contributed by atoms with Crippen molar-refractivity contribution in [2.24, 2.45) is 23.7 Å². The predicted molar refractivity (Wildman–Crippen MR) is 488 cm³/mol. The Hall–Kier alpha value is -1.94. The number of esters is 4. The van der Waals surface area contributed by atoms with Crippen LogP contribution in [0.1, 0.15) is 524 Å². The van der Waals surface area contributed by atoms with Gasteiger partial charge in [0.15, 0.2) is 12.2 Å². The molecule has 0 bridgehead atoms. The molecule has 0 heterocycles. The van der Waals surface area contributed by atoms with Crippen molar-refractivity contribution in [2.75, 3.05) is 39.6 Å². The smallest absolute Gasteiger partial charge is 0.462 e. The van der Waals surface area contributed by atoms with Crippen LogP contribution in [0.25, 0.3) is 0 Å². The molecule has 0 aliphatic carbocycles. The summed E-state index contributed by atoms with van der Waals surface area (Å²) < 4.78 is 69.3. The van der Waals surface area contributed by atoms with Gasteiger partial charge in [0.1, 0.15) is 19.3 Å². The summed E-state index contributed by atoms with van der Waals surface area (Å²) in [7, 11) is -9.95. The molecule has 0 rings (SSSR count). The molecule has 0 spiro atoms.